The van der Waals surface area contributed by atoms with Gasteiger partial charge in [-0.15, -0.1) is 0 Å². The Bertz CT molecular complexity index is 563. The van der Waals surface area contributed by atoms with Gasteiger partial charge in [0.1, 0.15) is 11.6 Å². The second-order valence-electron chi connectivity index (χ2n) is 3.30. The standard InChI is InChI=1S/C11H8F2N2O3/c1-2-17-11(16)10-14-9(15-18-10)6-3-7(12)5-8(13)4-6/h3-5H,2H2,1H3. The van der Waals surface area contributed by atoms with Crippen molar-refractivity contribution in [1.82, 2.24) is 10.1 Å². The smallest absolute Gasteiger partial charge is 0.397 e. The van der Waals surface area contributed by atoms with Crippen LogP contribution in [0.25, 0.3) is 11.4 Å². The first kappa shape index (κ1) is 12.2. The maximum Gasteiger partial charge on any atom is 0.397 e. The molecule has 0 N–H and O–H groups in total. The average molecular weight is 254 g/mol. The number of nitrogens with zero attached hydrogens (tertiary/aromatic N) is 2. The fourth-order valence-corrected chi connectivity index (χ4v) is 1.30. The molecule has 0 aliphatic carbocycles. The van der Waals surface area contributed by atoms with Gasteiger partial charge in [-0.25, -0.2) is 13.6 Å². The lowest BCUT2D eigenvalue weighted by atomic mass is 10.2. The molecule has 0 atom stereocenters. The molecule has 0 aliphatic rings. The summed E-state index contributed by atoms with van der Waals surface area (Å²) < 4.78 is 35.2. The highest BCUT2D eigenvalue weighted by Crippen LogP contribution is 2.18. The van der Waals surface area contributed by atoms with E-state index in [1.807, 2.05) is 0 Å². The number of aromatic nitrogens is 2. The van der Waals surface area contributed by atoms with Gasteiger partial charge >= 0.3 is 11.9 Å². The van der Waals surface area contributed by atoms with Crippen LogP contribution < -0.4 is 0 Å². The summed E-state index contributed by atoms with van der Waals surface area (Å²) in [6.07, 6.45) is 0. The largest absolute Gasteiger partial charge is 0.459 e. The van der Waals surface area contributed by atoms with Gasteiger partial charge in [0.25, 0.3) is 0 Å². The number of esters is 1. The molecule has 0 radical (unpaired) electrons. The Morgan fingerprint density at radius 2 is 2.00 bits per heavy atom. The van der Waals surface area contributed by atoms with E-state index >= 15 is 0 Å². The third kappa shape index (κ3) is 2.50. The third-order valence-corrected chi connectivity index (χ3v) is 2.00. The molecule has 2 aromatic rings. The molecule has 1 heterocycles. The zero-order valence-corrected chi connectivity index (χ0v) is 9.31. The molecule has 1 aromatic heterocycles. The first-order valence-corrected chi connectivity index (χ1v) is 5.07. The zero-order chi connectivity index (χ0) is 13.1. The molecule has 2 rings (SSSR count). The number of rotatable bonds is 3. The Labute approximate surface area is 100 Å². The van der Waals surface area contributed by atoms with E-state index in [1.165, 1.54) is 0 Å². The number of halogens is 2. The second kappa shape index (κ2) is 4.91. The van der Waals surface area contributed by atoms with Crippen LogP contribution in [0.3, 0.4) is 0 Å². The van der Waals surface area contributed by atoms with Crippen molar-refractivity contribution >= 4 is 5.97 Å². The Hall–Kier alpha value is -2.31. The van der Waals surface area contributed by atoms with Gasteiger partial charge in [0.05, 0.1) is 6.61 Å². The molecule has 0 saturated heterocycles. The maximum atomic E-state index is 13.0. The van der Waals surface area contributed by atoms with Crippen molar-refractivity contribution < 1.29 is 22.8 Å². The van der Waals surface area contributed by atoms with Crippen molar-refractivity contribution in [2.75, 3.05) is 6.61 Å². The fraction of sp³-hybridized carbons (Fsp3) is 0.182. The van der Waals surface area contributed by atoms with Crippen molar-refractivity contribution in [3.8, 4) is 11.4 Å². The number of hydrogen-bond donors (Lipinski definition) is 0. The van der Waals surface area contributed by atoms with E-state index in [9.17, 15) is 13.6 Å². The molecule has 0 bridgehead atoms. The van der Waals surface area contributed by atoms with E-state index in [4.69, 9.17) is 0 Å². The second-order valence-corrected chi connectivity index (χ2v) is 3.30. The predicted octanol–water partition coefficient (Wildman–Crippen LogP) is 2.19. The van der Waals surface area contributed by atoms with Crippen LogP contribution in [0.4, 0.5) is 8.78 Å². The highest BCUT2D eigenvalue weighted by Gasteiger charge is 2.17. The third-order valence-electron chi connectivity index (χ3n) is 2.00. The molecule has 0 saturated carbocycles. The van der Waals surface area contributed by atoms with E-state index in [2.05, 4.69) is 19.4 Å². The van der Waals surface area contributed by atoms with E-state index in [1.54, 1.807) is 6.92 Å². The highest BCUT2D eigenvalue weighted by molar-refractivity contribution is 5.84. The number of hydrogen-bond acceptors (Lipinski definition) is 5. The summed E-state index contributed by atoms with van der Waals surface area (Å²) >= 11 is 0. The van der Waals surface area contributed by atoms with Crippen molar-refractivity contribution in [3.63, 3.8) is 0 Å². The van der Waals surface area contributed by atoms with Gasteiger partial charge < -0.3 is 9.26 Å². The summed E-state index contributed by atoms with van der Waals surface area (Å²) in [5.41, 5.74) is 0.0757. The van der Waals surface area contributed by atoms with Crippen LogP contribution in [-0.2, 0) is 4.74 Å². The lowest BCUT2D eigenvalue weighted by Crippen LogP contribution is -2.04. The zero-order valence-electron chi connectivity index (χ0n) is 9.31. The van der Waals surface area contributed by atoms with Crippen LogP contribution in [0.15, 0.2) is 22.7 Å². The van der Waals surface area contributed by atoms with Gasteiger partial charge in [0.15, 0.2) is 0 Å². The van der Waals surface area contributed by atoms with Crippen molar-refractivity contribution in [2.24, 2.45) is 0 Å². The van der Waals surface area contributed by atoms with E-state index in [0.29, 0.717) is 0 Å². The van der Waals surface area contributed by atoms with Crippen LogP contribution >= 0.6 is 0 Å². The summed E-state index contributed by atoms with van der Waals surface area (Å²) in [5.74, 6) is -2.78. The van der Waals surface area contributed by atoms with Crippen LogP contribution in [0.5, 0.6) is 0 Å². The first-order valence-electron chi connectivity index (χ1n) is 5.07. The molecule has 0 aliphatic heterocycles. The lowest BCUT2D eigenvalue weighted by molar-refractivity contribution is 0.0470. The number of carbonyl (C=O) groups is 1. The maximum absolute atomic E-state index is 13.0. The molecule has 0 amide bonds. The Morgan fingerprint density at radius 3 is 2.61 bits per heavy atom. The summed E-state index contributed by atoms with van der Waals surface area (Å²) in [6.45, 7) is 1.78. The number of benzene rings is 1. The molecule has 5 nitrogen and oxygen atoms in total. The Morgan fingerprint density at radius 1 is 1.33 bits per heavy atom. The van der Waals surface area contributed by atoms with E-state index < -0.39 is 17.6 Å². The Kier molecular flexibility index (Phi) is 3.31. The van der Waals surface area contributed by atoms with E-state index in [0.717, 1.165) is 18.2 Å². The molecular weight excluding hydrogens is 246 g/mol. The van der Waals surface area contributed by atoms with E-state index in [-0.39, 0.29) is 23.9 Å². The van der Waals surface area contributed by atoms with Crippen LogP contribution in [0, 0.1) is 11.6 Å². The molecular formula is C11H8F2N2O3. The quantitative estimate of drug-likeness (QED) is 0.785. The number of carbonyl (C=O) groups excluding carboxylic acids is 1. The van der Waals surface area contributed by atoms with Crippen molar-refractivity contribution in [2.45, 2.75) is 6.92 Å². The lowest BCUT2D eigenvalue weighted by Gasteiger charge is -1.95. The molecule has 1 aromatic carbocycles. The molecule has 0 fully saturated rings. The van der Waals surface area contributed by atoms with Gasteiger partial charge in [-0.2, -0.15) is 4.98 Å². The molecule has 94 valence electrons. The molecule has 0 spiro atoms. The van der Waals surface area contributed by atoms with Gasteiger partial charge in [0.2, 0.25) is 5.82 Å². The summed E-state index contributed by atoms with van der Waals surface area (Å²) in [4.78, 5) is 15.0. The fourth-order valence-electron chi connectivity index (χ4n) is 1.30. The average Bonchev–Trinajstić information content (AvgIpc) is 2.77. The van der Waals surface area contributed by atoms with Crippen LogP contribution in [0.1, 0.15) is 17.6 Å². The highest BCUT2D eigenvalue weighted by atomic mass is 19.1. The van der Waals surface area contributed by atoms with Crippen molar-refractivity contribution in [3.05, 3.63) is 35.7 Å². The monoisotopic (exact) mass is 254 g/mol. The summed E-state index contributed by atoms with van der Waals surface area (Å²) in [7, 11) is 0. The topological polar surface area (TPSA) is 65.2 Å². The summed E-state index contributed by atoms with van der Waals surface area (Å²) in [5, 5.41) is 3.45. The van der Waals surface area contributed by atoms with Crippen LogP contribution in [0.2, 0.25) is 0 Å². The predicted molar refractivity (Wildman–Crippen MR) is 55.6 cm³/mol. The molecule has 18 heavy (non-hydrogen) atoms. The van der Waals surface area contributed by atoms with Crippen LogP contribution in [-0.4, -0.2) is 22.7 Å². The minimum atomic E-state index is -0.784. The van der Waals surface area contributed by atoms with Gasteiger partial charge in [-0.1, -0.05) is 5.16 Å². The summed E-state index contributed by atoms with van der Waals surface area (Å²) in [6, 6.07) is 2.78. The van der Waals surface area contributed by atoms with Crippen molar-refractivity contribution in [1.29, 1.82) is 0 Å². The number of ether oxygens (including phenoxy) is 1. The molecule has 0 unspecified atom stereocenters. The minimum absolute atomic E-state index is 0.0757. The SMILES string of the molecule is CCOC(=O)c1nc(-c2cc(F)cc(F)c2)no1. The van der Waals surface area contributed by atoms with Gasteiger partial charge in [-0.05, 0) is 19.1 Å². The normalized spacial score (nSPS) is 10.4. The minimum Gasteiger partial charge on any atom is -0.459 e. The molecule has 7 heteroatoms. The first-order chi connectivity index (χ1) is 8.60. The van der Waals surface area contributed by atoms with Gasteiger partial charge in [-0.3, -0.25) is 0 Å². The Balaban J connectivity index is 2.32. The van der Waals surface area contributed by atoms with Gasteiger partial charge in [0, 0.05) is 11.6 Å².